The molecule has 2 aromatic rings. The zero-order valence-electron chi connectivity index (χ0n) is 19.3. The first-order valence-corrected chi connectivity index (χ1v) is 10.8. The number of benzene rings is 2. The maximum Gasteiger partial charge on any atom is 0.291 e. The molecular weight excluding hydrogens is 408 g/mol. The van der Waals surface area contributed by atoms with Gasteiger partial charge in [-0.3, -0.25) is 14.4 Å². The molecule has 0 spiro atoms. The van der Waals surface area contributed by atoms with Crippen LogP contribution in [-0.2, 0) is 9.59 Å². The van der Waals surface area contributed by atoms with E-state index in [1.54, 1.807) is 32.2 Å². The number of hydrogen-bond donors (Lipinski definition) is 1. The summed E-state index contributed by atoms with van der Waals surface area (Å²) in [7, 11) is 5.52. The quantitative estimate of drug-likeness (QED) is 0.364. The first kappa shape index (κ1) is 23.5. The lowest BCUT2D eigenvalue weighted by molar-refractivity contribution is -0.857. The second-order valence-corrected chi connectivity index (χ2v) is 8.26. The average molecular weight is 440 g/mol. The minimum absolute atomic E-state index is 0.362. The number of Topliss-reactive ketones (excluding diaryl/α,β-unsaturated/α-hetero) is 2. The van der Waals surface area contributed by atoms with Gasteiger partial charge in [-0.05, 0) is 43.7 Å². The fourth-order valence-electron chi connectivity index (χ4n) is 4.14. The van der Waals surface area contributed by atoms with Gasteiger partial charge in [0.05, 0.1) is 46.9 Å². The highest BCUT2D eigenvalue weighted by Gasteiger charge is 2.52. The number of likely N-dealkylation sites (tertiary alicyclic amines) is 1. The second-order valence-electron chi connectivity index (χ2n) is 8.26. The third-order valence-corrected chi connectivity index (χ3v) is 5.78. The standard InChI is InChI=1S/C25H30N2O5/c1-6-32-20-10-8-7-9-19(20)22-21(24(29)25(30)27(22)14-13-26(3)4)23(28)18-12-11-17(31-5)15-16(18)2/h7-12,15,21-22H,6,13-14H2,1-5H3/p+1. The lowest BCUT2D eigenvalue weighted by Gasteiger charge is -2.29. The number of carbonyl (C=O) groups excluding carboxylic acids is 3. The van der Waals surface area contributed by atoms with Gasteiger partial charge in [0, 0.05) is 11.1 Å². The van der Waals surface area contributed by atoms with Crippen molar-refractivity contribution in [2.75, 3.05) is 40.9 Å². The molecule has 1 aliphatic heterocycles. The van der Waals surface area contributed by atoms with E-state index in [0.29, 0.717) is 47.9 Å². The van der Waals surface area contributed by atoms with Crippen molar-refractivity contribution in [1.82, 2.24) is 4.90 Å². The Morgan fingerprint density at radius 1 is 1.12 bits per heavy atom. The molecule has 1 amide bonds. The third-order valence-electron chi connectivity index (χ3n) is 5.78. The zero-order valence-corrected chi connectivity index (χ0v) is 19.3. The smallest absolute Gasteiger partial charge is 0.291 e. The number of ether oxygens (including phenoxy) is 2. The highest BCUT2D eigenvalue weighted by Crippen LogP contribution is 2.42. The van der Waals surface area contributed by atoms with Crippen LogP contribution in [0.15, 0.2) is 42.5 Å². The molecule has 0 bridgehead atoms. The highest BCUT2D eigenvalue weighted by atomic mass is 16.5. The lowest BCUT2D eigenvalue weighted by atomic mass is 9.84. The summed E-state index contributed by atoms with van der Waals surface area (Å²) in [5.41, 5.74) is 1.78. The van der Waals surface area contributed by atoms with Gasteiger partial charge in [0.2, 0.25) is 5.78 Å². The molecule has 170 valence electrons. The van der Waals surface area contributed by atoms with E-state index < -0.39 is 23.7 Å². The summed E-state index contributed by atoms with van der Waals surface area (Å²) in [5, 5.41) is 0. The molecule has 32 heavy (non-hydrogen) atoms. The molecule has 1 fully saturated rings. The Labute approximate surface area is 188 Å². The summed E-state index contributed by atoms with van der Waals surface area (Å²) in [6.07, 6.45) is 0. The number of quaternary nitrogens is 1. The molecule has 0 radical (unpaired) electrons. The average Bonchev–Trinajstić information content (AvgIpc) is 3.02. The Morgan fingerprint density at radius 3 is 2.47 bits per heavy atom. The highest BCUT2D eigenvalue weighted by molar-refractivity contribution is 6.44. The van der Waals surface area contributed by atoms with E-state index in [-0.39, 0.29) is 5.78 Å². The topological polar surface area (TPSA) is 77.3 Å². The molecule has 2 aromatic carbocycles. The van der Waals surface area contributed by atoms with Crippen LogP contribution in [0.4, 0.5) is 0 Å². The van der Waals surface area contributed by atoms with Crippen LogP contribution in [0.25, 0.3) is 0 Å². The van der Waals surface area contributed by atoms with Crippen molar-refractivity contribution < 1.29 is 28.8 Å². The molecule has 1 heterocycles. The number of likely N-dealkylation sites (N-methyl/N-ethyl adjacent to an activating group) is 1. The molecule has 3 rings (SSSR count). The number of aryl methyl sites for hydroxylation is 1. The minimum Gasteiger partial charge on any atom is -0.497 e. The first-order valence-electron chi connectivity index (χ1n) is 10.8. The summed E-state index contributed by atoms with van der Waals surface area (Å²) in [6.45, 7) is 5.12. The van der Waals surface area contributed by atoms with Gasteiger partial charge >= 0.3 is 0 Å². The van der Waals surface area contributed by atoms with Gasteiger partial charge in [-0.25, -0.2) is 0 Å². The number of nitrogens with one attached hydrogen (secondary N) is 1. The van der Waals surface area contributed by atoms with E-state index in [1.807, 2.05) is 45.3 Å². The van der Waals surface area contributed by atoms with Crippen molar-refractivity contribution in [1.29, 1.82) is 0 Å². The van der Waals surface area contributed by atoms with Crippen LogP contribution in [-0.4, -0.2) is 63.3 Å². The molecule has 1 N–H and O–H groups in total. The molecule has 1 aliphatic rings. The summed E-state index contributed by atoms with van der Waals surface area (Å²) >= 11 is 0. The number of methoxy groups -OCH3 is 1. The Bertz CT molecular complexity index is 1020. The lowest BCUT2D eigenvalue weighted by Crippen LogP contribution is -3.06. The van der Waals surface area contributed by atoms with Gasteiger partial charge in [0.1, 0.15) is 17.4 Å². The van der Waals surface area contributed by atoms with Gasteiger partial charge in [0.25, 0.3) is 5.91 Å². The van der Waals surface area contributed by atoms with Crippen molar-refractivity contribution in [2.45, 2.75) is 19.9 Å². The Kier molecular flexibility index (Phi) is 7.30. The Hall–Kier alpha value is -3.19. The number of amides is 1. The van der Waals surface area contributed by atoms with Crippen LogP contribution < -0.4 is 14.4 Å². The predicted molar refractivity (Wildman–Crippen MR) is 120 cm³/mol. The predicted octanol–water partition coefficient (Wildman–Crippen LogP) is 1.50. The van der Waals surface area contributed by atoms with E-state index in [9.17, 15) is 14.4 Å². The zero-order chi connectivity index (χ0) is 23.4. The van der Waals surface area contributed by atoms with Gasteiger partial charge < -0.3 is 19.3 Å². The van der Waals surface area contributed by atoms with Gasteiger partial charge in [0.15, 0.2) is 5.78 Å². The first-order chi connectivity index (χ1) is 15.3. The number of para-hydroxylation sites is 1. The number of hydrogen-bond acceptors (Lipinski definition) is 5. The molecule has 2 unspecified atom stereocenters. The van der Waals surface area contributed by atoms with Crippen LogP contribution >= 0.6 is 0 Å². The van der Waals surface area contributed by atoms with E-state index in [4.69, 9.17) is 9.47 Å². The Balaban J connectivity index is 2.11. The van der Waals surface area contributed by atoms with Crippen LogP contribution in [0.5, 0.6) is 11.5 Å². The summed E-state index contributed by atoms with van der Waals surface area (Å²) in [6, 6.07) is 11.7. The molecule has 1 saturated heterocycles. The Morgan fingerprint density at radius 2 is 1.84 bits per heavy atom. The van der Waals surface area contributed by atoms with Crippen molar-refractivity contribution >= 4 is 17.5 Å². The molecule has 0 saturated carbocycles. The van der Waals surface area contributed by atoms with E-state index in [1.165, 1.54) is 4.90 Å². The second kappa shape index (κ2) is 9.96. The molecule has 7 nitrogen and oxygen atoms in total. The normalized spacial score (nSPS) is 18.4. The molecule has 0 aliphatic carbocycles. The summed E-state index contributed by atoms with van der Waals surface area (Å²) < 4.78 is 11.0. The van der Waals surface area contributed by atoms with Crippen LogP contribution in [0, 0.1) is 12.8 Å². The molecular formula is C25H31N2O5+. The van der Waals surface area contributed by atoms with Crippen molar-refractivity contribution in [3.63, 3.8) is 0 Å². The third kappa shape index (κ3) is 4.53. The van der Waals surface area contributed by atoms with Crippen LogP contribution in [0.1, 0.15) is 34.5 Å². The largest absolute Gasteiger partial charge is 0.497 e. The number of ketones is 2. The summed E-state index contributed by atoms with van der Waals surface area (Å²) in [4.78, 5) is 42.6. The fourth-order valence-corrected chi connectivity index (χ4v) is 4.14. The van der Waals surface area contributed by atoms with Crippen LogP contribution in [0.2, 0.25) is 0 Å². The molecule has 0 aromatic heterocycles. The number of nitrogens with zero attached hydrogens (tertiary/aromatic N) is 1. The van der Waals surface area contributed by atoms with Crippen molar-refractivity contribution in [2.24, 2.45) is 5.92 Å². The maximum atomic E-state index is 13.7. The molecule has 2 atom stereocenters. The van der Waals surface area contributed by atoms with E-state index in [2.05, 4.69) is 0 Å². The monoisotopic (exact) mass is 439 g/mol. The number of rotatable bonds is 9. The maximum absolute atomic E-state index is 13.7. The van der Waals surface area contributed by atoms with Crippen molar-refractivity contribution in [3.05, 3.63) is 59.2 Å². The number of carbonyl (C=O) groups is 3. The van der Waals surface area contributed by atoms with Gasteiger partial charge in [-0.1, -0.05) is 18.2 Å². The van der Waals surface area contributed by atoms with Gasteiger partial charge in [-0.2, -0.15) is 0 Å². The minimum atomic E-state index is -1.13. The van der Waals surface area contributed by atoms with E-state index >= 15 is 0 Å². The van der Waals surface area contributed by atoms with Crippen LogP contribution in [0.3, 0.4) is 0 Å². The van der Waals surface area contributed by atoms with Gasteiger partial charge in [-0.15, -0.1) is 0 Å². The van der Waals surface area contributed by atoms with Crippen molar-refractivity contribution in [3.8, 4) is 11.5 Å². The molecule has 7 heteroatoms. The fraction of sp³-hybridized carbons (Fsp3) is 0.400. The summed E-state index contributed by atoms with van der Waals surface area (Å²) in [5.74, 6) is -1.58. The van der Waals surface area contributed by atoms with E-state index in [0.717, 1.165) is 4.90 Å². The SMILES string of the molecule is CCOc1ccccc1C1C(C(=O)c2ccc(OC)cc2C)C(=O)C(=O)N1CC[NH+](C)C.